The Morgan fingerprint density at radius 2 is 1.69 bits per heavy atom. The van der Waals surface area contributed by atoms with Crippen LogP contribution in [-0.4, -0.2) is 15.9 Å². The summed E-state index contributed by atoms with van der Waals surface area (Å²) in [5, 5.41) is 5.94. The number of halogens is 1. The smallest absolute Gasteiger partial charge is 0.274 e. The molecular formula is C20H19FN4O. The number of hydrogen-bond donors (Lipinski definition) is 2. The molecule has 6 heteroatoms. The number of benzene rings is 2. The van der Waals surface area contributed by atoms with Crippen molar-refractivity contribution in [2.24, 2.45) is 0 Å². The van der Waals surface area contributed by atoms with E-state index < -0.39 is 0 Å². The standard InChI is InChI=1S/C20H19FN4O/c1-12-4-5-13(2)17(10-12)25-20(26)18-11-19(23-14(3)22-18)24-16-8-6-15(21)7-9-16/h4-11H,1-3H3,(H,25,26)(H,22,23,24). The van der Waals surface area contributed by atoms with Gasteiger partial charge < -0.3 is 10.6 Å². The van der Waals surface area contributed by atoms with Gasteiger partial charge in [-0.15, -0.1) is 0 Å². The Kier molecular flexibility index (Phi) is 4.93. The van der Waals surface area contributed by atoms with Gasteiger partial charge in [-0.05, 0) is 62.2 Å². The van der Waals surface area contributed by atoms with Crippen molar-refractivity contribution in [2.75, 3.05) is 10.6 Å². The van der Waals surface area contributed by atoms with Crippen LogP contribution in [0.3, 0.4) is 0 Å². The van der Waals surface area contributed by atoms with Crippen LogP contribution in [0, 0.1) is 26.6 Å². The number of carbonyl (C=O) groups is 1. The second-order valence-corrected chi connectivity index (χ2v) is 6.09. The van der Waals surface area contributed by atoms with E-state index in [4.69, 9.17) is 0 Å². The van der Waals surface area contributed by atoms with E-state index in [1.54, 1.807) is 25.1 Å². The van der Waals surface area contributed by atoms with Gasteiger partial charge in [0.1, 0.15) is 23.2 Å². The zero-order valence-corrected chi connectivity index (χ0v) is 14.8. The summed E-state index contributed by atoms with van der Waals surface area (Å²) >= 11 is 0. The molecule has 0 unspecified atom stereocenters. The summed E-state index contributed by atoms with van der Waals surface area (Å²) in [5.74, 6) is 0.299. The normalized spacial score (nSPS) is 10.5. The van der Waals surface area contributed by atoms with Crippen molar-refractivity contribution < 1.29 is 9.18 Å². The Morgan fingerprint density at radius 3 is 2.42 bits per heavy atom. The average Bonchev–Trinajstić information content (AvgIpc) is 2.59. The molecule has 1 heterocycles. The first kappa shape index (κ1) is 17.5. The summed E-state index contributed by atoms with van der Waals surface area (Å²) in [6.07, 6.45) is 0. The number of anilines is 3. The molecule has 0 radical (unpaired) electrons. The van der Waals surface area contributed by atoms with Crippen molar-refractivity contribution in [3.05, 3.63) is 77.0 Å². The predicted octanol–water partition coefficient (Wildman–Crippen LogP) is 4.54. The van der Waals surface area contributed by atoms with Gasteiger partial charge in [0.2, 0.25) is 0 Å². The lowest BCUT2D eigenvalue weighted by molar-refractivity contribution is 0.102. The number of aromatic nitrogens is 2. The number of aryl methyl sites for hydroxylation is 3. The molecule has 0 aliphatic heterocycles. The molecule has 0 aliphatic rings. The fraction of sp³-hybridized carbons (Fsp3) is 0.150. The third kappa shape index (κ3) is 4.22. The first-order chi connectivity index (χ1) is 12.4. The fourth-order valence-electron chi connectivity index (χ4n) is 2.49. The summed E-state index contributed by atoms with van der Waals surface area (Å²) in [7, 11) is 0. The highest BCUT2D eigenvalue weighted by atomic mass is 19.1. The Balaban J connectivity index is 1.83. The highest BCUT2D eigenvalue weighted by molar-refractivity contribution is 6.03. The van der Waals surface area contributed by atoms with Crippen molar-refractivity contribution in [3.63, 3.8) is 0 Å². The van der Waals surface area contributed by atoms with Crippen LogP contribution >= 0.6 is 0 Å². The maximum absolute atomic E-state index is 13.0. The largest absolute Gasteiger partial charge is 0.340 e. The molecule has 0 fully saturated rings. The first-order valence-electron chi connectivity index (χ1n) is 8.17. The van der Waals surface area contributed by atoms with E-state index in [9.17, 15) is 9.18 Å². The van der Waals surface area contributed by atoms with Crippen LogP contribution < -0.4 is 10.6 Å². The van der Waals surface area contributed by atoms with Crippen LogP contribution in [0.25, 0.3) is 0 Å². The third-order valence-electron chi connectivity index (χ3n) is 3.83. The van der Waals surface area contributed by atoms with Gasteiger partial charge in [-0.2, -0.15) is 0 Å². The van der Waals surface area contributed by atoms with Gasteiger partial charge in [0, 0.05) is 17.4 Å². The second kappa shape index (κ2) is 7.31. The molecule has 2 N–H and O–H groups in total. The van der Waals surface area contributed by atoms with Crippen LogP contribution in [0.1, 0.15) is 27.4 Å². The number of rotatable bonds is 4. The van der Waals surface area contributed by atoms with Gasteiger partial charge in [0.05, 0.1) is 0 Å². The SMILES string of the molecule is Cc1ccc(C)c(NC(=O)c2cc(Nc3ccc(F)cc3)nc(C)n2)c1. The molecule has 0 saturated heterocycles. The van der Waals surface area contributed by atoms with E-state index >= 15 is 0 Å². The van der Waals surface area contributed by atoms with Gasteiger partial charge in [-0.1, -0.05) is 12.1 Å². The summed E-state index contributed by atoms with van der Waals surface area (Å²) in [6.45, 7) is 5.61. The molecule has 132 valence electrons. The summed E-state index contributed by atoms with van der Waals surface area (Å²) in [4.78, 5) is 21.1. The van der Waals surface area contributed by atoms with Gasteiger partial charge in [0.15, 0.2) is 0 Å². The van der Waals surface area contributed by atoms with E-state index in [0.29, 0.717) is 17.3 Å². The molecule has 1 amide bonds. The number of nitrogens with zero attached hydrogens (tertiary/aromatic N) is 2. The zero-order valence-electron chi connectivity index (χ0n) is 14.8. The Morgan fingerprint density at radius 1 is 0.962 bits per heavy atom. The molecule has 3 aromatic rings. The maximum atomic E-state index is 13.0. The minimum Gasteiger partial charge on any atom is -0.340 e. The minimum absolute atomic E-state index is 0.253. The van der Waals surface area contributed by atoms with Crippen molar-refractivity contribution in [3.8, 4) is 0 Å². The first-order valence-corrected chi connectivity index (χ1v) is 8.17. The summed E-state index contributed by atoms with van der Waals surface area (Å²) in [5.41, 5.74) is 3.70. The lowest BCUT2D eigenvalue weighted by atomic mass is 10.1. The van der Waals surface area contributed by atoms with Crippen LogP contribution in [-0.2, 0) is 0 Å². The molecular weight excluding hydrogens is 331 g/mol. The van der Waals surface area contributed by atoms with Crippen molar-refractivity contribution in [1.29, 1.82) is 0 Å². The third-order valence-corrected chi connectivity index (χ3v) is 3.83. The van der Waals surface area contributed by atoms with Crippen LogP contribution in [0.15, 0.2) is 48.5 Å². The molecule has 2 aromatic carbocycles. The van der Waals surface area contributed by atoms with Gasteiger partial charge in [0.25, 0.3) is 5.91 Å². The molecule has 3 rings (SSSR count). The molecule has 0 spiro atoms. The van der Waals surface area contributed by atoms with Crippen molar-refractivity contribution >= 4 is 23.1 Å². The molecule has 26 heavy (non-hydrogen) atoms. The van der Waals surface area contributed by atoms with E-state index in [-0.39, 0.29) is 17.4 Å². The van der Waals surface area contributed by atoms with Gasteiger partial charge in [-0.3, -0.25) is 4.79 Å². The fourth-order valence-corrected chi connectivity index (χ4v) is 2.49. The van der Waals surface area contributed by atoms with Crippen LogP contribution in [0.2, 0.25) is 0 Å². The summed E-state index contributed by atoms with van der Waals surface area (Å²) < 4.78 is 13.0. The van der Waals surface area contributed by atoms with E-state index in [2.05, 4.69) is 20.6 Å². The molecule has 0 saturated carbocycles. The minimum atomic E-state index is -0.317. The molecule has 0 atom stereocenters. The van der Waals surface area contributed by atoms with E-state index in [1.807, 2.05) is 32.0 Å². The van der Waals surface area contributed by atoms with Gasteiger partial charge >= 0.3 is 0 Å². The monoisotopic (exact) mass is 350 g/mol. The topological polar surface area (TPSA) is 66.9 Å². The van der Waals surface area contributed by atoms with E-state index in [0.717, 1.165) is 16.8 Å². The van der Waals surface area contributed by atoms with Crippen LogP contribution in [0.5, 0.6) is 0 Å². The molecule has 0 aliphatic carbocycles. The number of carbonyl (C=O) groups excluding carboxylic acids is 1. The Labute approximate surface area is 151 Å². The van der Waals surface area contributed by atoms with Gasteiger partial charge in [-0.25, -0.2) is 14.4 Å². The van der Waals surface area contributed by atoms with Crippen molar-refractivity contribution in [1.82, 2.24) is 9.97 Å². The molecule has 0 bridgehead atoms. The summed E-state index contributed by atoms with van der Waals surface area (Å²) in [6, 6.07) is 13.3. The maximum Gasteiger partial charge on any atom is 0.274 e. The average molecular weight is 350 g/mol. The van der Waals surface area contributed by atoms with Crippen LogP contribution in [0.4, 0.5) is 21.6 Å². The molecule has 1 aromatic heterocycles. The predicted molar refractivity (Wildman–Crippen MR) is 100 cm³/mol. The number of nitrogens with one attached hydrogen (secondary N) is 2. The Hall–Kier alpha value is -3.28. The highest BCUT2D eigenvalue weighted by Crippen LogP contribution is 2.19. The quantitative estimate of drug-likeness (QED) is 0.725. The zero-order chi connectivity index (χ0) is 18.7. The highest BCUT2D eigenvalue weighted by Gasteiger charge is 2.12. The van der Waals surface area contributed by atoms with E-state index in [1.165, 1.54) is 12.1 Å². The lowest BCUT2D eigenvalue weighted by Gasteiger charge is -2.11. The lowest BCUT2D eigenvalue weighted by Crippen LogP contribution is -2.16. The number of amides is 1. The number of hydrogen-bond acceptors (Lipinski definition) is 4. The molecule has 5 nitrogen and oxygen atoms in total. The Bertz CT molecular complexity index is 955. The second-order valence-electron chi connectivity index (χ2n) is 6.09. The van der Waals surface area contributed by atoms with Crippen molar-refractivity contribution in [2.45, 2.75) is 20.8 Å².